The van der Waals surface area contributed by atoms with E-state index in [-0.39, 0.29) is 11.8 Å². The van der Waals surface area contributed by atoms with Gasteiger partial charge in [0.1, 0.15) is 0 Å². The molecule has 1 fully saturated rings. The highest BCUT2D eigenvalue weighted by molar-refractivity contribution is 7.10. The molecule has 0 atom stereocenters. The minimum Gasteiger partial charge on any atom is -0.340 e. The number of thiophene rings is 1. The van der Waals surface area contributed by atoms with E-state index in [1.54, 1.807) is 11.3 Å². The molecule has 1 aromatic heterocycles. The van der Waals surface area contributed by atoms with E-state index in [2.05, 4.69) is 40.6 Å². The van der Waals surface area contributed by atoms with Gasteiger partial charge in [0.25, 0.3) is 0 Å². The van der Waals surface area contributed by atoms with Crippen molar-refractivity contribution in [1.82, 2.24) is 14.7 Å². The van der Waals surface area contributed by atoms with Crippen LogP contribution in [0.1, 0.15) is 28.8 Å². The Morgan fingerprint density at radius 2 is 1.63 bits per heavy atom. The normalized spacial score (nSPS) is 17.3. The van der Waals surface area contributed by atoms with E-state index in [4.69, 9.17) is 0 Å². The maximum atomic E-state index is 12.6. The lowest BCUT2D eigenvalue weighted by atomic mass is 10.1. The van der Waals surface area contributed by atoms with Crippen LogP contribution in [-0.4, -0.2) is 65.8 Å². The van der Waals surface area contributed by atoms with Crippen molar-refractivity contribution < 1.29 is 9.59 Å². The predicted molar refractivity (Wildman–Crippen MR) is 121 cm³/mol. The van der Waals surface area contributed by atoms with Crippen molar-refractivity contribution in [2.45, 2.75) is 25.8 Å². The molecule has 5 nitrogen and oxygen atoms in total. The largest absolute Gasteiger partial charge is 0.340 e. The second kappa shape index (κ2) is 10.0. The van der Waals surface area contributed by atoms with Crippen molar-refractivity contribution in [2.24, 2.45) is 0 Å². The third-order valence-corrected chi connectivity index (χ3v) is 6.93. The number of hydrogen-bond donors (Lipinski definition) is 0. The molecule has 2 amide bonds. The zero-order valence-electron chi connectivity index (χ0n) is 17.3. The summed E-state index contributed by atoms with van der Waals surface area (Å²) in [5.74, 6) is 0.209. The smallest absolute Gasteiger partial charge is 0.223 e. The summed E-state index contributed by atoms with van der Waals surface area (Å²) >= 11 is 1.77. The molecule has 6 heteroatoms. The summed E-state index contributed by atoms with van der Waals surface area (Å²) in [5.41, 5.74) is 2.48. The van der Waals surface area contributed by atoms with Crippen LogP contribution in [0.2, 0.25) is 0 Å². The Bertz CT molecular complexity index is 885. The van der Waals surface area contributed by atoms with E-state index in [1.807, 2.05) is 28.0 Å². The van der Waals surface area contributed by atoms with Crippen molar-refractivity contribution >= 4 is 29.2 Å². The Labute approximate surface area is 182 Å². The topological polar surface area (TPSA) is 43.9 Å². The molecular formula is C24H29N3O2S. The zero-order chi connectivity index (χ0) is 20.8. The fraction of sp³-hybridized carbons (Fsp3) is 0.417. The number of carbonyl (C=O) groups excluding carboxylic acids is 2. The first kappa shape index (κ1) is 20.8. The molecular weight excluding hydrogens is 394 g/mol. The summed E-state index contributed by atoms with van der Waals surface area (Å²) in [7, 11) is 0. The monoisotopic (exact) mass is 423 g/mol. The lowest BCUT2D eigenvalue weighted by molar-refractivity contribution is -0.138. The first-order chi connectivity index (χ1) is 14.7. The van der Waals surface area contributed by atoms with Crippen LogP contribution in [0.3, 0.4) is 0 Å². The molecule has 2 aliphatic heterocycles. The van der Waals surface area contributed by atoms with Crippen molar-refractivity contribution in [3.63, 3.8) is 0 Å². The molecule has 30 heavy (non-hydrogen) atoms. The summed E-state index contributed by atoms with van der Waals surface area (Å²) in [6.07, 6.45) is 5.90. The van der Waals surface area contributed by atoms with Gasteiger partial charge in [-0.3, -0.25) is 14.5 Å². The molecule has 3 heterocycles. The Hall–Kier alpha value is -2.44. The van der Waals surface area contributed by atoms with Gasteiger partial charge in [-0.1, -0.05) is 42.5 Å². The van der Waals surface area contributed by atoms with Crippen molar-refractivity contribution in [3.8, 4) is 0 Å². The van der Waals surface area contributed by atoms with E-state index in [0.717, 1.165) is 45.7 Å². The summed E-state index contributed by atoms with van der Waals surface area (Å²) in [6.45, 7) is 5.62. The van der Waals surface area contributed by atoms with Crippen LogP contribution in [-0.2, 0) is 22.6 Å². The van der Waals surface area contributed by atoms with Gasteiger partial charge in [-0.25, -0.2) is 0 Å². The van der Waals surface area contributed by atoms with Crippen LogP contribution in [0.5, 0.6) is 0 Å². The van der Waals surface area contributed by atoms with Gasteiger partial charge < -0.3 is 9.80 Å². The number of piperazine rings is 1. The third-order valence-electron chi connectivity index (χ3n) is 5.91. The van der Waals surface area contributed by atoms with E-state index < -0.39 is 0 Å². The Morgan fingerprint density at radius 1 is 0.900 bits per heavy atom. The van der Waals surface area contributed by atoms with Crippen molar-refractivity contribution in [3.05, 3.63) is 63.9 Å². The van der Waals surface area contributed by atoms with Gasteiger partial charge in [0.2, 0.25) is 11.8 Å². The molecule has 0 saturated carbocycles. The van der Waals surface area contributed by atoms with E-state index in [0.29, 0.717) is 19.4 Å². The molecule has 1 aromatic carbocycles. The summed E-state index contributed by atoms with van der Waals surface area (Å²) in [6, 6.07) is 12.4. The maximum absolute atomic E-state index is 12.6. The standard InChI is InChI=1S/C24H29N3O2S/c28-23(8-9-24(29)27-13-10-22-21(19-27)11-18-30-22)26-16-14-25(15-17-26)12-4-7-20-5-2-1-3-6-20/h1-7,11,18H,8-10,12-17,19H2/b7-4+. The minimum absolute atomic E-state index is 0.102. The van der Waals surface area contributed by atoms with Crippen molar-refractivity contribution in [2.75, 3.05) is 39.3 Å². The van der Waals surface area contributed by atoms with Gasteiger partial charge in [-0.2, -0.15) is 0 Å². The second-order valence-electron chi connectivity index (χ2n) is 7.93. The lowest BCUT2D eigenvalue weighted by Crippen LogP contribution is -2.48. The average Bonchev–Trinajstić information content (AvgIpc) is 3.26. The van der Waals surface area contributed by atoms with Crippen LogP contribution < -0.4 is 0 Å². The highest BCUT2D eigenvalue weighted by Gasteiger charge is 2.24. The van der Waals surface area contributed by atoms with Gasteiger partial charge >= 0.3 is 0 Å². The SMILES string of the molecule is O=C(CCC(=O)N1CCc2sccc2C1)N1CCN(C/C=C/c2ccccc2)CC1. The first-order valence-corrected chi connectivity index (χ1v) is 11.6. The predicted octanol–water partition coefficient (Wildman–Crippen LogP) is 3.27. The van der Waals surface area contributed by atoms with Gasteiger partial charge in [-0.15, -0.1) is 11.3 Å². The molecule has 0 radical (unpaired) electrons. The Kier molecular flexibility index (Phi) is 6.97. The van der Waals surface area contributed by atoms with Crippen LogP contribution in [0.4, 0.5) is 0 Å². The lowest BCUT2D eigenvalue weighted by Gasteiger charge is -2.34. The highest BCUT2D eigenvalue weighted by Crippen LogP contribution is 2.24. The molecule has 0 spiro atoms. The minimum atomic E-state index is 0.102. The van der Waals surface area contributed by atoms with Crippen LogP contribution in [0.25, 0.3) is 6.08 Å². The first-order valence-electron chi connectivity index (χ1n) is 10.7. The van der Waals surface area contributed by atoms with Gasteiger partial charge in [0, 0.05) is 63.5 Å². The molecule has 0 N–H and O–H groups in total. The van der Waals surface area contributed by atoms with Gasteiger partial charge in [0.05, 0.1) is 0 Å². The quantitative estimate of drug-likeness (QED) is 0.716. The summed E-state index contributed by atoms with van der Waals surface area (Å²) in [4.78, 5) is 32.7. The number of benzene rings is 1. The maximum Gasteiger partial charge on any atom is 0.223 e. The van der Waals surface area contributed by atoms with E-state index in [1.165, 1.54) is 16.0 Å². The molecule has 2 aliphatic rings. The Morgan fingerprint density at radius 3 is 2.40 bits per heavy atom. The third kappa shape index (κ3) is 5.37. The molecule has 0 bridgehead atoms. The number of rotatable bonds is 6. The van der Waals surface area contributed by atoms with Gasteiger partial charge in [0.15, 0.2) is 0 Å². The van der Waals surface area contributed by atoms with Crippen LogP contribution in [0.15, 0.2) is 47.9 Å². The number of fused-ring (bicyclic) bond motifs is 1. The summed E-state index contributed by atoms with van der Waals surface area (Å²) in [5, 5.41) is 2.10. The molecule has 0 aliphatic carbocycles. The number of nitrogens with zero attached hydrogens (tertiary/aromatic N) is 3. The molecule has 4 rings (SSSR count). The molecule has 158 valence electrons. The van der Waals surface area contributed by atoms with E-state index >= 15 is 0 Å². The molecule has 2 aromatic rings. The second-order valence-corrected chi connectivity index (χ2v) is 8.93. The van der Waals surface area contributed by atoms with E-state index in [9.17, 15) is 9.59 Å². The Balaban J connectivity index is 1.16. The number of carbonyl (C=O) groups is 2. The van der Waals surface area contributed by atoms with Crippen LogP contribution >= 0.6 is 11.3 Å². The van der Waals surface area contributed by atoms with Crippen molar-refractivity contribution in [1.29, 1.82) is 0 Å². The number of amides is 2. The fourth-order valence-corrected chi connectivity index (χ4v) is 4.96. The fourth-order valence-electron chi connectivity index (χ4n) is 4.07. The number of hydrogen-bond acceptors (Lipinski definition) is 4. The zero-order valence-corrected chi connectivity index (χ0v) is 18.2. The molecule has 0 unspecified atom stereocenters. The average molecular weight is 424 g/mol. The molecule has 1 saturated heterocycles. The highest BCUT2D eigenvalue weighted by atomic mass is 32.1. The summed E-state index contributed by atoms with van der Waals surface area (Å²) < 4.78 is 0. The van der Waals surface area contributed by atoms with Crippen LogP contribution in [0, 0.1) is 0 Å². The van der Waals surface area contributed by atoms with Gasteiger partial charge in [-0.05, 0) is 29.0 Å².